The molecule has 1 N–H and O–H groups in total. The van der Waals surface area contributed by atoms with Crippen LogP contribution in [-0.4, -0.2) is 22.3 Å². The minimum Gasteiger partial charge on any atom is -0.483 e. The fraction of sp³-hybridized carbons (Fsp3) is 0.111. The number of aromatic nitrogens is 2. The third-order valence-electron chi connectivity index (χ3n) is 3.35. The molecule has 2 aromatic carbocycles. The molecule has 5 heteroatoms. The summed E-state index contributed by atoms with van der Waals surface area (Å²) in [5.41, 5.74) is 2.59. The van der Waals surface area contributed by atoms with E-state index in [9.17, 15) is 4.79 Å². The van der Waals surface area contributed by atoms with Crippen LogP contribution in [0.5, 0.6) is 5.75 Å². The van der Waals surface area contributed by atoms with E-state index < -0.39 is 0 Å². The first-order valence-electron chi connectivity index (χ1n) is 7.31. The van der Waals surface area contributed by atoms with Crippen LogP contribution in [0.25, 0.3) is 5.69 Å². The number of aryl methyl sites for hydroxylation is 1. The Kier molecular flexibility index (Phi) is 4.38. The van der Waals surface area contributed by atoms with Crippen molar-refractivity contribution in [3.63, 3.8) is 0 Å². The number of nitrogens with one attached hydrogen (secondary N) is 1. The van der Waals surface area contributed by atoms with Crippen molar-refractivity contribution in [2.24, 2.45) is 0 Å². The molecule has 3 aromatic rings. The second kappa shape index (κ2) is 6.79. The first kappa shape index (κ1) is 14.8. The number of rotatable bonds is 5. The molecule has 1 amide bonds. The van der Waals surface area contributed by atoms with E-state index in [-0.39, 0.29) is 12.5 Å². The van der Waals surface area contributed by atoms with Crippen molar-refractivity contribution in [3.8, 4) is 11.4 Å². The van der Waals surface area contributed by atoms with Crippen LogP contribution in [0.2, 0.25) is 0 Å². The van der Waals surface area contributed by atoms with Gasteiger partial charge in [-0.25, -0.2) is 4.68 Å². The fourth-order valence-corrected chi connectivity index (χ4v) is 2.21. The molecule has 23 heavy (non-hydrogen) atoms. The maximum absolute atomic E-state index is 12.0. The highest BCUT2D eigenvalue weighted by Crippen LogP contribution is 2.17. The van der Waals surface area contributed by atoms with E-state index in [0.717, 1.165) is 11.3 Å². The summed E-state index contributed by atoms with van der Waals surface area (Å²) in [5.74, 6) is 0.513. The van der Waals surface area contributed by atoms with Gasteiger partial charge in [0.15, 0.2) is 6.61 Å². The van der Waals surface area contributed by atoms with E-state index in [4.69, 9.17) is 4.74 Å². The number of amides is 1. The molecule has 1 aromatic heterocycles. The third-order valence-corrected chi connectivity index (χ3v) is 3.35. The van der Waals surface area contributed by atoms with Crippen LogP contribution in [-0.2, 0) is 4.79 Å². The monoisotopic (exact) mass is 307 g/mol. The molecule has 0 unspecified atom stereocenters. The summed E-state index contributed by atoms with van der Waals surface area (Å²) in [6, 6.07) is 16.9. The van der Waals surface area contributed by atoms with Crippen molar-refractivity contribution in [2.75, 3.05) is 11.9 Å². The molecule has 0 aliphatic carbocycles. The van der Waals surface area contributed by atoms with Crippen molar-refractivity contribution in [2.45, 2.75) is 6.92 Å². The summed E-state index contributed by atoms with van der Waals surface area (Å²) in [4.78, 5) is 12.0. The lowest BCUT2D eigenvalue weighted by atomic mass is 10.2. The van der Waals surface area contributed by atoms with E-state index in [2.05, 4.69) is 10.4 Å². The maximum atomic E-state index is 12.0. The highest BCUT2D eigenvalue weighted by Gasteiger charge is 2.06. The van der Waals surface area contributed by atoms with Crippen LogP contribution < -0.4 is 10.1 Å². The summed E-state index contributed by atoms with van der Waals surface area (Å²) in [6.45, 7) is 1.91. The lowest BCUT2D eigenvalue weighted by molar-refractivity contribution is -0.118. The molecule has 3 rings (SSSR count). The molecule has 0 spiro atoms. The Balaban J connectivity index is 1.62. The quantitative estimate of drug-likeness (QED) is 0.787. The molecule has 0 atom stereocenters. The molecular formula is C18H17N3O2. The Morgan fingerprint density at radius 2 is 2.04 bits per heavy atom. The van der Waals surface area contributed by atoms with Gasteiger partial charge in [0.05, 0.1) is 5.69 Å². The second-order valence-corrected chi connectivity index (χ2v) is 5.10. The summed E-state index contributed by atoms with van der Waals surface area (Å²) < 4.78 is 7.28. The van der Waals surface area contributed by atoms with Crippen LogP contribution in [0.3, 0.4) is 0 Å². The molecule has 1 heterocycles. The SMILES string of the molecule is Cc1ccccc1OCC(=O)Nc1cccc(-n2cccn2)c1. The number of hydrogen-bond donors (Lipinski definition) is 1. The highest BCUT2D eigenvalue weighted by atomic mass is 16.5. The first-order chi connectivity index (χ1) is 11.2. The molecule has 0 fully saturated rings. The van der Waals surface area contributed by atoms with Gasteiger partial charge in [0.2, 0.25) is 0 Å². The predicted octanol–water partition coefficient (Wildman–Crippen LogP) is 3.20. The number of benzene rings is 2. The van der Waals surface area contributed by atoms with Gasteiger partial charge in [-0.2, -0.15) is 5.10 Å². The summed E-state index contributed by atoms with van der Waals surface area (Å²) in [6.07, 6.45) is 3.56. The van der Waals surface area contributed by atoms with Gasteiger partial charge < -0.3 is 10.1 Å². The average Bonchev–Trinajstić information content (AvgIpc) is 3.09. The van der Waals surface area contributed by atoms with Gasteiger partial charge in [0.25, 0.3) is 5.91 Å². The molecule has 0 bridgehead atoms. The minimum absolute atomic E-state index is 0.0309. The number of ether oxygens (including phenoxy) is 1. The van der Waals surface area contributed by atoms with Crippen molar-refractivity contribution in [1.82, 2.24) is 9.78 Å². The topological polar surface area (TPSA) is 56.1 Å². The van der Waals surface area contributed by atoms with Crippen molar-refractivity contribution < 1.29 is 9.53 Å². The smallest absolute Gasteiger partial charge is 0.262 e. The zero-order valence-corrected chi connectivity index (χ0v) is 12.8. The number of carbonyl (C=O) groups is 1. The number of nitrogens with zero attached hydrogens (tertiary/aromatic N) is 2. The average molecular weight is 307 g/mol. The lowest BCUT2D eigenvalue weighted by Gasteiger charge is -2.10. The molecule has 0 aliphatic heterocycles. The van der Waals surface area contributed by atoms with E-state index >= 15 is 0 Å². The van der Waals surface area contributed by atoms with Gasteiger partial charge in [-0.1, -0.05) is 24.3 Å². The summed E-state index contributed by atoms with van der Waals surface area (Å²) in [5, 5.41) is 7.00. The molecule has 0 radical (unpaired) electrons. The highest BCUT2D eigenvalue weighted by molar-refractivity contribution is 5.92. The van der Waals surface area contributed by atoms with Gasteiger partial charge in [-0.05, 0) is 42.8 Å². The van der Waals surface area contributed by atoms with Crippen molar-refractivity contribution >= 4 is 11.6 Å². The normalized spacial score (nSPS) is 10.3. The Morgan fingerprint density at radius 1 is 1.17 bits per heavy atom. The number of para-hydroxylation sites is 1. The van der Waals surface area contributed by atoms with Gasteiger partial charge >= 0.3 is 0 Å². The standard InChI is InChI=1S/C18H17N3O2/c1-14-6-2-3-9-17(14)23-13-18(22)20-15-7-4-8-16(12-15)21-11-5-10-19-21/h2-12H,13H2,1H3,(H,20,22). The largest absolute Gasteiger partial charge is 0.483 e. The molecule has 0 saturated carbocycles. The Morgan fingerprint density at radius 3 is 2.83 bits per heavy atom. The Hall–Kier alpha value is -3.08. The molecule has 0 saturated heterocycles. The van der Waals surface area contributed by atoms with E-state index in [0.29, 0.717) is 11.4 Å². The Bertz CT molecular complexity index is 798. The predicted molar refractivity (Wildman–Crippen MR) is 88.9 cm³/mol. The number of hydrogen-bond acceptors (Lipinski definition) is 3. The van der Waals surface area contributed by atoms with Gasteiger partial charge in [-0.15, -0.1) is 0 Å². The fourth-order valence-electron chi connectivity index (χ4n) is 2.21. The number of anilines is 1. The van der Waals surface area contributed by atoms with Gasteiger partial charge in [0.1, 0.15) is 5.75 Å². The van der Waals surface area contributed by atoms with Crippen LogP contribution in [0, 0.1) is 6.92 Å². The zero-order chi connectivity index (χ0) is 16.1. The third kappa shape index (κ3) is 3.77. The summed E-state index contributed by atoms with van der Waals surface area (Å²) >= 11 is 0. The van der Waals surface area contributed by atoms with E-state index in [1.165, 1.54) is 0 Å². The van der Waals surface area contributed by atoms with Gasteiger partial charge in [0, 0.05) is 18.1 Å². The van der Waals surface area contributed by atoms with Crippen molar-refractivity contribution in [1.29, 1.82) is 0 Å². The van der Waals surface area contributed by atoms with E-state index in [1.54, 1.807) is 10.9 Å². The lowest BCUT2D eigenvalue weighted by Crippen LogP contribution is -2.20. The summed E-state index contributed by atoms with van der Waals surface area (Å²) in [7, 11) is 0. The zero-order valence-electron chi connectivity index (χ0n) is 12.8. The van der Waals surface area contributed by atoms with Gasteiger partial charge in [-0.3, -0.25) is 4.79 Å². The van der Waals surface area contributed by atoms with E-state index in [1.807, 2.05) is 67.7 Å². The van der Waals surface area contributed by atoms with Crippen LogP contribution in [0.15, 0.2) is 67.0 Å². The number of carbonyl (C=O) groups excluding carboxylic acids is 1. The van der Waals surface area contributed by atoms with Crippen molar-refractivity contribution in [3.05, 3.63) is 72.6 Å². The minimum atomic E-state index is -0.203. The molecule has 5 nitrogen and oxygen atoms in total. The van der Waals surface area contributed by atoms with Crippen LogP contribution in [0.1, 0.15) is 5.56 Å². The van der Waals surface area contributed by atoms with Crippen LogP contribution >= 0.6 is 0 Å². The van der Waals surface area contributed by atoms with Crippen LogP contribution in [0.4, 0.5) is 5.69 Å². The molecular weight excluding hydrogens is 290 g/mol. The molecule has 0 aliphatic rings. The maximum Gasteiger partial charge on any atom is 0.262 e. The Labute approximate surface area is 134 Å². The molecule has 116 valence electrons. The second-order valence-electron chi connectivity index (χ2n) is 5.10. The first-order valence-corrected chi connectivity index (χ1v) is 7.31.